The Balaban J connectivity index is 2.15. The molecule has 0 aliphatic carbocycles. The van der Waals surface area contributed by atoms with E-state index >= 15 is 0 Å². The third-order valence-corrected chi connectivity index (χ3v) is 2.73. The summed E-state index contributed by atoms with van der Waals surface area (Å²) in [5, 5.41) is 16.9. The van der Waals surface area contributed by atoms with Gasteiger partial charge in [0.25, 0.3) is 0 Å². The number of nitrogens with zero attached hydrogens (tertiary/aromatic N) is 2. The number of aromatic hydroxyl groups is 1. The summed E-state index contributed by atoms with van der Waals surface area (Å²) in [6.07, 6.45) is 2.80. The third kappa shape index (κ3) is 1.53. The molecule has 0 radical (unpaired) electrons. The number of rotatable bonds is 2. The molecule has 2 heterocycles. The molecule has 0 amide bonds. The average molecular weight is 239 g/mol. The fourth-order valence-corrected chi connectivity index (χ4v) is 1.80. The number of ketones is 1. The maximum Gasteiger partial charge on any atom is 0.198 e. The quantitative estimate of drug-likeness (QED) is 0.669. The number of carbonyl (C=O) groups is 1. The molecule has 0 atom stereocenters. The van der Waals surface area contributed by atoms with E-state index in [1.165, 1.54) is 12.4 Å². The van der Waals surface area contributed by atoms with Crippen molar-refractivity contribution in [3.63, 3.8) is 0 Å². The summed E-state index contributed by atoms with van der Waals surface area (Å²) in [7, 11) is 0. The molecule has 0 spiro atoms. The van der Waals surface area contributed by atoms with Crippen LogP contribution in [-0.4, -0.2) is 26.1 Å². The maximum atomic E-state index is 12.2. The minimum absolute atomic E-state index is 0.0948. The molecular formula is C13H9N3O2. The molecule has 0 fully saturated rings. The second-order valence-electron chi connectivity index (χ2n) is 3.85. The first-order valence-electron chi connectivity index (χ1n) is 5.38. The highest BCUT2D eigenvalue weighted by atomic mass is 16.3. The van der Waals surface area contributed by atoms with E-state index < -0.39 is 0 Å². The minimum atomic E-state index is -0.260. The van der Waals surface area contributed by atoms with Crippen LogP contribution in [0.2, 0.25) is 0 Å². The second-order valence-corrected chi connectivity index (χ2v) is 3.85. The van der Waals surface area contributed by atoms with E-state index in [0.29, 0.717) is 16.6 Å². The number of benzene rings is 1. The first-order chi connectivity index (χ1) is 8.77. The smallest absolute Gasteiger partial charge is 0.198 e. The predicted molar refractivity (Wildman–Crippen MR) is 65.4 cm³/mol. The molecule has 0 aliphatic heterocycles. The number of H-pyrrole nitrogens is 1. The van der Waals surface area contributed by atoms with Crippen LogP contribution in [0.3, 0.4) is 0 Å². The lowest BCUT2D eigenvalue weighted by Crippen LogP contribution is -2.02. The van der Waals surface area contributed by atoms with Crippen LogP contribution in [0.5, 0.6) is 5.75 Å². The van der Waals surface area contributed by atoms with Gasteiger partial charge in [-0.25, -0.2) is 4.98 Å². The molecule has 88 valence electrons. The fourth-order valence-electron chi connectivity index (χ4n) is 1.80. The Kier molecular flexibility index (Phi) is 2.30. The van der Waals surface area contributed by atoms with Crippen molar-refractivity contribution in [1.29, 1.82) is 0 Å². The summed E-state index contributed by atoms with van der Waals surface area (Å²) in [6, 6.07) is 8.76. The summed E-state index contributed by atoms with van der Waals surface area (Å²) in [5.41, 5.74) is 1.14. The van der Waals surface area contributed by atoms with Crippen molar-refractivity contribution < 1.29 is 9.90 Å². The molecule has 3 rings (SSSR count). The van der Waals surface area contributed by atoms with E-state index in [1.54, 1.807) is 24.3 Å². The Hall–Kier alpha value is -2.69. The Bertz CT molecular complexity index is 719. The predicted octanol–water partition coefficient (Wildman–Crippen LogP) is 1.89. The van der Waals surface area contributed by atoms with Crippen LogP contribution in [0.4, 0.5) is 0 Å². The molecule has 0 unspecified atom stereocenters. The van der Waals surface area contributed by atoms with Crippen molar-refractivity contribution in [2.75, 3.05) is 0 Å². The molecule has 0 bridgehead atoms. The third-order valence-electron chi connectivity index (χ3n) is 2.73. The van der Waals surface area contributed by atoms with E-state index in [2.05, 4.69) is 15.2 Å². The van der Waals surface area contributed by atoms with Crippen LogP contribution in [-0.2, 0) is 0 Å². The van der Waals surface area contributed by atoms with Gasteiger partial charge < -0.3 is 5.11 Å². The highest BCUT2D eigenvalue weighted by Crippen LogP contribution is 2.27. The zero-order valence-electron chi connectivity index (χ0n) is 9.29. The zero-order valence-corrected chi connectivity index (χ0v) is 9.29. The summed E-state index contributed by atoms with van der Waals surface area (Å²) in [6.45, 7) is 0. The lowest BCUT2D eigenvalue weighted by molar-refractivity contribution is 0.103. The van der Waals surface area contributed by atoms with E-state index in [-0.39, 0.29) is 17.1 Å². The van der Waals surface area contributed by atoms with Gasteiger partial charge in [-0.05, 0) is 0 Å². The number of pyridine rings is 1. The molecular weight excluding hydrogens is 230 g/mol. The number of carbonyl (C=O) groups excluding carboxylic acids is 1. The van der Waals surface area contributed by atoms with Crippen molar-refractivity contribution in [2.24, 2.45) is 0 Å². The van der Waals surface area contributed by atoms with Crippen LogP contribution in [0.25, 0.3) is 11.0 Å². The zero-order chi connectivity index (χ0) is 12.5. The van der Waals surface area contributed by atoms with E-state index in [4.69, 9.17) is 0 Å². The van der Waals surface area contributed by atoms with Crippen LogP contribution in [0.1, 0.15) is 15.9 Å². The molecule has 0 aliphatic rings. The summed E-state index contributed by atoms with van der Waals surface area (Å²) in [4.78, 5) is 16.3. The average Bonchev–Trinajstić information content (AvgIpc) is 2.89. The van der Waals surface area contributed by atoms with Crippen LogP contribution in [0, 0.1) is 0 Å². The van der Waals surface area contributed by atoms with E-state index in [0.717, 1.165) is 0 Å². The van der Waals surface area contributed by atoms with Gasteiger partial charge in [-0.15, -0.1) is 0 Å². The normalized spacial score (nSPS) is 10.7. The summed E-state index contributed by atoms with van der Waals surface area (Å²) in [5.74, 6) is -0.355. The SMILES string of the molecule is O=C(c1ccccc1)c1cnc2[nH]ncc2c1O. The first kappa shape index (κ1) is 10.5. The Morgan fingerprint density at radius 1 is 1.17 bits per heavy atom. The molecule has 2 aromatic heterocycles. The highest BCUT2D eigenvalue weighted by molar-refractivity contribution is 6.12. The standard InChI is InChI=1S/C13H9N3O2/c17-11(8-4-2-1-3-5-8)9-6-14-13-10(12(9)18)7-15-16-13/h1-7H,(H2,14,15,16,18). The van der Waals surface area contributed by atoms with Gasteiger partial charge in [0.15, 0.2) is 11.4 Å². The number of nitrogens with one attached hydrogen (secondary N) is 1. The molecule has 18 heavy (non-hydrogen) atoms. The molecule has 5 nitrogen and oxygen atoms in total. The molecule has 1 aromatic carbocycles. The minimum Gasteiger partial charge on any atom is -0.506 e. The number of hydrogen-bond acceptors (Lipinski definition) is 4. The van der Waals surface area contributed by atoms with Gasteiger partial charge in [0.05, 0.1) is 17.1 Å². The number of aromatic nitrogens is 3. The molecule has 0 saturated heterocycles. The number of aromatic amines is 1. The van der Waals surface area contributed by atoms with Crippen molar-refractivity contribution >= 4 is 16.8 Å². The van der Waals surface area contributed by atoms with Crippen molar-refractivity contribution in [3.8, 4) is 5.75 Å². The number of fused-ring (bicyclic) bond motifs is 1. The Labute approximate surface area is 102 Å². The summed E-state index contributed by atoms with van der Waals surface area (Å²) >= 11 is 0. The van der Waals surface area contributed by atoms with Gasteiger partial charge in [0, 0.05) is 11.8 Å². The second kappa shape index (κ2) is 3.96. The largest absolute Gasteiger partial charge is 0.506 e. The maximum absolute atomic E-state index is 12.2. The van der Waals surface area contributed by atoms with Gasteiger partial charge >= 0.3 is 0 Å². The van der Waals surface area contributed by atoms with Gasteiger partial charge in [0.2, 0.25) is 0 Å². The van der Waals surface area contributed by atoms with Gasteiger partial charge in [-0.3, -0.25) is 9.89 Å². The van der Waals surface area contributed by atoms with Crippen LogP contribution < -0.4 is 0 Å². The van der Waals surface area contributed by atoms with Gasteiger partial charge in [0.1, 0.15) is 5.75 Å². The Morgan fingerprint density at radius 2 is 1.94 bits per heavy atom. The van der Waals surface area contributed by atoms with E-state index in [9.17, 15) is 9.90 Å². The van der Waals surface area contributed by atoms with Crippen molar-refractivity contribution in [3.05, 3.63) is 53.9 Å². The lowest BCUT2D eigenvalue weighted by atomic mass is 10.0. The fraction of sp³-hybridized carbons (Fsp3) is 0. The molecule has 5 heteroatoms. The highest BCUT2D eigenvalue weighted by Gasteiger charge is 2.16. The van der Waals surface area contributed by atoms with Crippen LogP contribution >= 0.6 is 0 Å². The lowest BCUT2D eigenvalue weighted by Gasteiger charge is -2.03. The topological polar surface area (TPSA) is 78.9 Å². The van der Waals surface area contributed by atoms with E-state index in [1.807, 2.05) is 6.07 Å². The monoisotopic (exact) mass is 239 g/mol. The molecule has 3 aromatic rings. The first-order valence-corrected chi connectivity index (χ1v) is 5.38. The van der Waals surface area contributed by atoms with Crippen molar-refractivity contribution in [2.45, 2.75) is 0 Å². The summed E-state index contributed by atoms with van der Waals surface area (Å²) < 4.78 is 0. The van der Waals surface area contributed by atoms with Crippen molar-refractivity contribution in [1.82, 2.24) is 15.2 Å². The number of hydrogen-bond donors (Lipinski definition) is 2. The molecule has 0 saturated carbocycles. The Morgan fingerprint density at radius 3 is 2.72 bits per heavy atom. The molecule has 2 N–H and O–H groups in total. The van der Waals surface area contributed by atoms with Gasteiger partial charge in [-0.2, -0.15) is 5.10 Å². The van der Waals surface area contributed by atoms with Gasteiger partial charge in [-0.1, -0.05) is 30.3 Å². The van der Waals surface area contributed by atoms with Crippen LogP contribution in [0.15, 0.2) is 42.7 Å².